The van der Waals surface area contributed by atoms with Gasteiger partial charge in [0.15, 0.2) is 0 Å². The van der Waals surface area contributed by atoms with Gasteiger partial charge in [-0.25, -0.2) is 4.79 Å². The van der Waals surface area contributed by atoms with Crippen LogP contribution in [0.1, 0.15) is 41.2 Å². The van der Waals surface area contributed by atoms with Crippen LogP contribution in [0.15, 0.2) is 65.5 Å². The predicted molar refractivity (Wildman–Crippen MR) is 149 cm³/mol. The Kier molecular flexibility index (Phi) is 6.57. The predicted octanol–water partition coefficient (Wildman–Crippen LogP) is 5.01. The largest absolute Gasteiger partial charge is 0.369 e. The summed E-state index contributed by atoms with van der Waals surface area (Å²) in [6.45, 7) is 3.70. The van der Waals surface area contributed by atoms with Gasteiger partial charge in [-0.2, -0.15) is 0 Å². The number of hydrogen-bond acceptors (Lipinski definition) is 4. The molecular weight excluding hydrogens is 502 g/mol. The van der Waals surface area contributed by atoms with Gasteiger partial charge in [0.2, 0.25) is 0 Å². The molecular formula is C29H30ClN5O3. The zero-order chi connectivity index (χ0) is 26.2. The minimum atomic E-state index is -0.395. The third-order valence-corrected chi connectivity index (χ3v) is 8.06. The summed E-state index contributed by atoms with van der Waals surface area (Å²) < 4.78 is 1.91. The quantitative estimate of drug-likeness (QED) is 0.496. The minimum Gasteiger partial charge on any atom is -0.369 e. The Bertz CT molecular complexity index is 1430. The van der Waals surface area contributed by atoms with Crippen LogP contribution in [0, 0.1) is 5.92 Å². The number of rotatable bonds is 4. The van der Waals surface area contributed by atoms with E-state index in [-0.39, 0.29) is 17.4 Å². The lowest BCUT2D eigenvalue weighted by Gasteiger charge is -2.44. The zero-order valence-electron chi connectivity index (χ0n) is 21.0. The van der Waals surface area contributed by atoms with Crippen LogP contribution < -0.4 is 21.1 Å². The Labute approximate surface area is 226 Å². The third-order valence-electron chi connectivity index (χ3n) is 7.81. The second-order valence-corrected chi connectivity index (χ2v) is 10.9. The van der Waals surface area contributed by atoms with Crippen molar-refractivity contribution in [2.24, 2.45) is 5.92 Å². The van der Waals surface area contributed by atoms with E-state index in [1.807, 2.05) is 33.7 Å². The molecule has 2 atom stereocenters. The molecule has 4 heterocycles. The van der Waals surface area contributed by atoms with Gasteiger partial charge in [-0.05, 0) is 73.7 Å². The number of likely N-dealkylation sites (tertiary alicyclic amines) is 1. The molecule has 2 bridgehead atoms. The average Bonchev–Trinajstić information content (AvgIpc) is 3.45. The molecule has 2 aromatic carbocycles. The summed E-state index contributed by atoms with van der Waals surface area (Å²) in [5.74, 6) is 0.528. The second kappa shape index (κ2) is 10.2. The van der Waals surface area contributed by atoms with Crippen LogP contribution in [0.2, 0.25) is 5.02 Å². The summed E-state index contributed by atoms with van der Waals surface area (Å²) in [6.07, 6.45) is 3.06. The molecule has 196 valence electrons. The number of nitrogens with zero attached hydrogens (tertiary/aromatic N) is 3. The van der Waals surface area contributed by atoms with Gasteiger partial charge in [0.1, 0.15) is 0 Å². The lowest BCUT2D eigenvalue weighted by atomic mass is 9.83. The van der Waals surface area contributed by atoms with E-state index < -0.39 is 6.03 Å². The second-order valence-electron chi connectivity index (χ2n) is 10.4. The molecule has 38 heavy (non-hydrogen) atoms. The molecule has 0 spiro atoms. The third kappa shape index (κ3) is 4.88. The number of urea groups is 1. The smallest absolute Gasteiger partial charge is 0.323 e. The highest BCUT2D eigenvalue weighted by molar-refractivity contribution is 6.30. The molecule has 8 nitrogen and oxygen atoms in total. The lowest BCUT2D eigenvalue weighted by molar-refractivity contribution is 0.0793. The van der Waals surface area contributed by atoms with Gasteiger partial charge in [-0.1, -0.05) is 17.7 Å². The van der Waals surface area contributed by atoms with E-state index >= 15 is 0 Å². The molecule has 2 saturated heterocycles. The topological polar surface area (TPSA) is 86.7 Å². The molecule has 0 unspecified atom stereocenters. The number of pyridine rings is 1. The van der Waals surface area contributed by atoms with E-state index in [4.69, 9.17) is 11.6 Å². The molecule has 0 radical (unpaired) electrons. The first-order chi connectivity index (χ1) is 18.4. The van der Waals surface area contributed by atoms with Gasteiger partial charge in [0, 0.05) is 66.7 Å². The van der Waals surface area contributed by atoms with Crippen molar-refractivity contribution in [3.8, 4) is 0 Å². The summed E-state index contributed by atoms with van der Waals surface area (Å²) >= 11 is 5.98. The Morgan fingerprint density at radius 2 is 1.68 bits per heavy atom. The number of fused-ring (bicyclic) bond motifs is 4. The van der Waals surface area contributed by atoms with E-state index in [0.29, 0.717) is 34.4 Å². The van der Waals surface area contributed by atoms with E-state index in [0.717, 1.165) is 56.8 Å². The molecule has 6 rings (SSSR count). The monoisotopic (exact) mass is 531 g/mol. The van der Waals surface area contributed by atoms with Crippen LogP contribution in [0.4, 0.5) is 21.9 Å². The molecule has 3 aliphatic rings. The molecule has 1 aromatic heterocycles. The molecule has 3 aliphatic heterocycles. The van der Waals surface area contributed by atoms with Gasteiger partial charge in [-0.15, -0.1) is 0 Å². The Balaban J connectivity index is 1.30. The fraction of sp³-hybridized carbons (Fsp3) is 0.345. The lowest BCUT2D eigenvalue weighted by Crippen LogP contribution is -2.47. The summed E-state index contributed by atoms with van der Waals surface area (Å²) in [5, 5.41) is 6.44. The number of piperidine rings is 1. The summed E-state index contributed by atoms with van der Waals surface area (Å²) in [6, 6.07) is 17.6. The number of carbonyl (C=O) groups is 2. The Hall–Kier alpha value is -3.78. The van der Waals surface area contributed by atoms with E-state index in [9.17, 15) is 14.4 Å². The van der Waals surface area contributed by atoms with Crippen molar-refractivity contribution < 1.29 is 9.59 Å². The normalized spacial score (nSPS) is 20.1. The maximum atomic E-state index is 13.2. The number of halogens is 1. The van der Waals surface area contributed by atoms with Gasteiger partial charge >= 0.3 is 6.03 Å². The van der Waals surface area contributed by atoms with Crippen LogP contribution in [-0.2, 0) is 6.54 Å². The van der Waals surface area contributed by atoms with E-state index in [1.54, 1.807) is 36.4 Å². The van der Waals surface area contributed by atoms with E-state index in [2.05, 4.69) is 15.5 Å². The summed E-state index contributed by atoms with van der Waals surface area (Å²) in [4.78, 5) is 42.8. The van der Waals surface area contributed by atoms with Crippen molar-refractivity contribution in [2.45, 2.75) is 31.7 Å². The molecule has 0 aliphatic carbocycles. The van der Waals surface area contributed by atoms with Crippen LogP contribution in [0.3, 0.4) is 0 Å². The fourth-order valence-electron chi connectivity index (χ4n) is 6.06. The average molecular weight is 532 g/mol. The fourth-order valence-corrected chi connectivity index (χ4v) is 6.18. The van der Waals surface area contributed by atoms with Gasteiger partial charge in [-0.3, -0.25) is 9.59 Å². The van der Waals surface area contributed by atoms with Crippen molar-refractivity contribution in [1.29, 1.82) is 0 Å². The van der Waals surface area contributed by atoms with Crippen molar-refractivity contribution in [1.82, 2.24) is 9.47 Å². The highest BCUT2D eigenvalue weighted by Crippen LogP contribution is 2.39. The van der Waals surface area contributed by atoms with Crippen LogP contribution >= 0.6 is 11.6 Å². The summed E-state index contributed by atoms with van der Waals surface area (Å²) in [7, 11) is 0. The highest BCUT2D eigenvalue weighted by Gasteiger charge is 2.35. The molecule has 3 amide bonds. The summed E-state index contributed by atoms with van der Waals surface area (Å²) in [5.41, 5.74) is 3.76. The minimum absolute atomic E-state index is 0.0148. The van der Waals surface area contributed by atoms with Crippen molar-refractivity contribution in [3.05, 3.63) is 87.3 Å². The van der Waals surface area contributed by atoms with E-state index in [1.165, 1.54) is 0 Å². The Morgan fingerprint density at radius 3 is 2.47 bits per heavy atom. The van der Waals surface area contributed by atoms with Crippen LogP contribution in [-0.4, -0.2) is 47.6 Å². The SMILES string of the molecule is O=C(Nc1ccc(Cl)cc1)Nc1cc(C(=O)N2CCCC2)ccc1N1C[C@H]2C[C@@H](C1)c1cccc(=O)n1C2. The molecule has 3 aromatic rings. The van der Waals surface area contributed by atoms with Crippen molar-refractivity contribution >= 4 is 40.6 Å². The molecule has 9 heteroatoms. The first-order valence-corrected chi connectivity index (χ1v) is 13.5. The highest BCUT2D eigenvalue weighted by atomic mass is 35.5. The maximum Gasteiger partial charge on any atom is 0.323 e. The van der Waals surface area contributed by atoms with Gasteiger partial charge in [0.05, 0.1) is 11.4 Å². The molecule has 2 fully saturated rings. The standard InChI is InChI=1S/C29H30ClN5O3/c30-22-7-9-23(10-8-22)31-29(38)32-24-15-20(28(37)33-12-1-2-13-33)6-11-26(24)34-16-19-14-21(18-34)25-4-3-5-27(36)35(25)17-19/h3-11,15,19,21H,1-2,12-14,16-18H2,(H2,31,32,38)/t19-,21+/m1/s1. The Morgan fingerprint density at radius 1 is 0.895 bits per heavy atom. The van der Waals surface area contributed by atoms with Gasteiger partial charge in [0.25, 0.3) is 11.5 Å². The number of aromatic nitrogens is 1. The van der Waals surface area contributed by atoms with Crippen molar-refractivity contribution in [2.75, 3.05) is 41.7 Å². The first kappa shape index (κ1) is 24.6. The number of carbonyl (C=O) groups excluding carboxylic acids is 2. The number of benzene rings is 2. The van der Waals surface area contributed by atoms with Crippen LogP contribution in [0.25, 0.3) is 0 Å². The van der Waals surface area contributed by atoms with Crippen molar-refractivity contribution in [3.63, 3.8) is 0 Å². The number of amides is 3. The molecule has 0 saturated carbocycles. The first-order valence-electron chi connectivity index (χ1n) is 13.2. The molecule has 2 N–H and O–H groups in total. The number of hydrogen-bond donors (Lipinski definition) is 2. The van der Waals surface area contributed by atoms with Crippen LogP contribution in [0.5, 0.6) is 0 Å². The number of anilines is 3. The number of nitrogens with one attached hydrogen (secondary N) is 2. The van der Waals surface area contributed by atoms with Gasteiger partial charge < -0.3 is 25.0 Å². The maximum absolute atomic E-state index is 13.2. The zero-order valence-corrected chi connectivity index (χ0v) is 21.8.